The number of hydrogen-bond acceptors (Lipinski definition) is 6. The van der Waals surface area contributed by atoms with E-state index in [4.69, 9.17) is 14.2 Å². The van der Waals surface area contributed by atoms with E-state index in [0.717, 1.165) is 16.8 Å². The van der Waals surface area contributed by atoms with Crippen molar-refractivity contribution >= 4 is 28.2 Å². The molecule has 0 saturated carbocycles. The fourth-order valence-corrected chi connectivity index (χ4v) is 2.67. The maximum Gasteiger partial charge on any atom is 0.356 e. The summed E-state index contributed by atoms with van der Waals surface area (Å²) in [5.41, 5.74) is 2.37. The Hall–Kier alpha value is -3.28. The molecule has 0 spiro atoms. The summed E-state index contributed by atoms with van der Waals surface area (Å²) in [6, 6.07) is 14.8. The number of nitrogens with one attached hydrogen (secondary N) is 1. The average molecular weight is 352 g/mol. The zero-order valence-corrected chi connectivity index (χ0v) is 14.9. The zero-order valence-electron chi connectivity index (χ0n) is 14.9. The fourth-order valence-electron chi connectivity index (χ4n) is 2.67. The highest BCUT2D eigenvalue weighted by atomic mass is 16.5. The highest BCUT2D eigenvalue weighted by molar-refractivity contribution is 5.99. The van der Waals surface area contributed by atoms with Crippen LogP contribution in [0.5, 0.6) is 11.5 Å². The first-order valence-electron chi connectivity index (χ1n) is 8.22. The molecular weight excluding hydrogens is 332 g/mol. The number of ether oxygens (including phenoxy) is 3. The molecule has 0 bridgehead atoms. The molecule has 0 unspecified atom stereocenters. The minimum absolute atomic E-state index is 0.224. The number of aromatic nitrogens is 1. The maximum atomic E-state index is 12.0. The van der Waals surface area contributed by atoms with Crippen LogP contribution in [-0.4, -0.2) is 31.8 Å². The van der Waals surface area contributed by atoms with Gasteiger partial charge in [0.25, 0.3) is 0 Å². The van der Waals surface area contributed by atoms with Gasteiger partial charge in [0.15, 0.2) is 5.69 Å². The number of pyridine rings is 1. The summed E-state index contributed by atoms with van der Waals surface area (Å²) in [4.78, 5) is 16.4. The van der Waals surface area contributed by atoms with E-state index in [9.17, 15) is 4.79 Å². The third kappa shape index (κ3) is 3.54. The largest absolute Gasteiger partial charge is 0.495 e. The summed E-state index contributed by atoms with van der Waals surface area (Å²) in [7, 11) is 2.94. The van der Waals surface area contributed by atoms with Gasteiger partial charge in [0.2, 0.25) is 0 Å². The molecule has 1 N–H and O–H groups in total. The van der Waals surface area contributed by atoms with Gasteiger partial charge in [0, 0.05) is 5.39 Å². The van der Waals surface area contributed by atoms with Gasteiger partial charge in [0.1, 0.15) is 11.5 Å². The number of rotatable bonds is 6. The van der Waals surface area contributed by atoms with E-state index in [1.165, 1.54) is 7.11 Å². The number of nitrogens with zero attached hydrogens (tertiary/aromatic N) is 1. The van der Waals surface area contributed by atoms with E-state index >= 15 is 0 Å². The average Bonchev–Trinajstić information content (AvgIpc) is 2.68. The molecule has 0 aliphatic carbocycles. The van der Waals surface area contributed by atoms with Crippen molar-refractivity contribution in [2.75, 3.05) is 26.1 Å². The van der Waals surface area contributed by atoms with Gasteiger partial charge in [-0.1, -0.05) is 12.1 Å². The zero-order chi connectivity index (χ0) is 18.5. The third-order valence-electron chi connectivity index (χ3n) is 3.86. The lowest BCUT2D eigenvalue weighted by molar-refractivity contribution is 0.0594. The molecule has 6 nitrogen and oxygen atoms in total. The second-order valence-electron chi connectivity index (χ2n) is 5.48. The van der Waals surface area contributed by atoms with Gasteiger partial charge in [-0.3, -0.25) is 0 Å². The molecule has 0 fully saturated rings. The Morgan fingerprint density at radius 3 is 2.62 bits per heavy atom. The van der Waals surface area contributed by atoms with Crippen molar-refractivity contribution < 1.29 is 19.0 Å². The van der Waals surface area contributed by atoms with E-state index in [2.05, 4.69) is 10.3 Å². The lowest BCUT2D eigenvalue weighted by Crippen LogP contribution is -2.06. The number of benzene rings is 2. The van der Waals surface area contributed by atoms with Crippen LogP contribution in [0.4, 0.5) is 11.4 Å². The van der Waals surface area contributed by atoms with Gasteiger partial charge < -0.3 is 19.5 Å². The first kappa shape index (κ1) is 17.5. The standard InChI is InChI=1S/C20H20N2O4/c1-4-26-13-9-10-15-14(11-13)17(12-18(21-15)20(23)25-3)22-16-7-5-6-8-19(16)24-2/h5-12H,4H2,1-3H3,(H,21,22). The predicted molar refractivity (Wildman–Crippen MR) is 101 cm³/mol. The van der Waals surface area contributed by atoms with Crippen LogP contribution in [0.3, 0.4) is 0 Å². The Labute approximate surface area is 151 Å². The number of fused-ring (bicyclic) bond motifs is 1. The Bertz CT molecular complexity index is 940. The molecule has 26 heavy (non-hydrogen) atoms. The van der Waals surface area contributed by atoms with Gasteiger partial charge in [0.05, 0.1) is 37.7 Å². The number of anilines is 2. The highest BCUT2D eigenvalue weighted by Gasteiger charge is 2.14. The molecule has 2 aromatic carbocycles. The van der Waals surface area contributed by atoms with Gasteiger partial charge >= 0.3 is 5.97 Å². The van der Waals surface area contributed by atoms with E-state index in [-0.39, 0.29) is 5.69 Å². The molecule has 0 amide bonds. The Morgan fingerprint density at radius 2 is 1.88 bits per heavy atom. The van der Waals surface area contributed by atoms with Crippen LogP contribution >= 0.6 is 0 Å². The van der Waals surface area contributed by atoms with Crippen molar-refractivity contribution in [1.29, 1.82) is 0 Å². The second-order valence-corrected chi connectivity index (χ2v) is 5.48. The molecule has 0 aliphatic rings. The number of carbonyl (C=O) groups excluding carboxylic acids is 1. The van der Waals surface area contributed by atoms with Crippen LogP contribution in [-0.2, 0) is 4.74 Å². The lowest BCUT2D eigenvalue weighted by Gasteiger charge is -2.14. The van der Waals surface area contributed by atoms with Crippen LogP contribution in [0.15, 0.2) is 48.5 Å². The Balaban J connectivity index is 2.15. The first-order chi connectivity index (χ1) is 12.7. The van der Waals surface area contributed by atoms with Gasteiger partial charge in [-0.2, -0.15) is 0 Å². The fraction of sp³-hybridized carbons (Fsp3) is 0.200. The third-order valence-corrected chi connectivity index (χ3v) is 3.86. The summed E-state index contributed by atoms with van der Waals surface area (Å²) >= 11 is 0. The molecule has 134 valence electrons. The van der Waals surface area contributed by atoms with Crippen LogP contribution in [0, 0.1) is 0 Å². The maximum absolute atomic E-state index is 12.0. The molecule has 0 atom stereocenters. The van der Waals surface area contributed by atoms with E-state index in [0.29, 0.717) is 23.6 Å². The molecule has 0 saturated heterocycles. The van der Waals surface area contributed by atoms with Gasteiger partial charge in [-0.05, 0) is 43.3 Å². The number of methoxy groups -OCH3 is 2. The van der Waals surface area contributed by atoms with Crippen molar-refractivity contribution in [1.82, 2.24) is 4.98 Å². The minimum atomic E-state index is -0.496. The van der Waals surface area contributed by atoms with Crippen molar-refractivity contribution in [2.45, 2.75) is 6.92 Å². The van der Waals surface area contributed by atoms with Crippen LogP contribution in [0.2, 0.25) is 0 Å². The topological polar surface area (TPSA) is 69.7 Å². The SMILES string of the molecule is CCOc1ccc2nc(C(=O)OC)cc(Nc3ccccc3OC)c2c1. The van der Waals surface area contributed by atoms with Crippen LogP contribution in [0.1, 0.15) is 17.4 Å². The highest BCUT2D eigenvalue weighted by Crippen LogP contribution is 2.33. The number of carbonyl (C=O) groups is 1. The van der Waals surface area contributed by atoms with Crippen molar-refractivity contribution in [3.63, 3.8) is 0 Å². The summed E-state index contributed by atoms with van der Waals surface area (Å²) in [5.74, 6) is 0.928. The molecule has 3 rings (SSSR count). The molecular formula is C20H20N2O4. The smallest absolute Gasteiger partial charge is 0.356 e. The summed E-state index contributed by atoms with van der Waals surface area (Å²) in [6.45, 7) is 2.49. The molecule has 0 aliphatic heterocycles. The van der Waals surface area contributed by atoms with Crippen LogP contribution in [0.25, 0.3) is 10.9 Å². The lowest BCUT2D eigenvalue weighted by atomic mass is 10.1. The van der Waals surface area contributed by atoms with Crippen molar-refractivity contribution in [3.8, 4) is 11.5 Å². The summed E-state index contributed by atoms with van der Waals surface area (Å²) in [6.07, 6.45) is 0. The quantitative estimate of drug-likeness (QED) is 0.672. The minimum Gasteiger partial charge on any atom is -0.495 e. The predicted octanol–water partition coefficient (Wildman–Crippen LogP) is 4.17. The first-order valence-corrected chi connectivity index (χ1v) is 8.22. The number of esters is 1. The monoisotopic (exact) mass is 352 g/mol. The van der Waals surface area contributed by atoms with E-state index < -0.39 is 5.97 Å². The molecule has 1 aromatic heterocycles. The van der Waals surface area contributed by atoms with Crippen molar-refractivity contribution in [2.24, 2.45) is 0 Å². The summed E-state index contributed by atoms with van der Waals surface area (Å²) in [5, 5.41) is 4.16. The number of hydrogen-bond donors (Lipinski definition) is 1. The van der Waals surface area contributed by atoms with Crippen LogP contribution < -0.4 is 14.8 Å². The van der Waals surface area contributed by atoms with Crippen molar-refractivity contribution in [3.05, 3.63) is 54.2 Å². The molecule has 6 heteroatoms. The van der Waals surface area contributed by atoms with E-state index in [1.54, 1.807) is 13.2 Å². The second kappa shape index (κ2) is 7.74. The Kier molecular flexibility index (Phi) is 5.22. The van der Waals surface area contributed by atoms with Gasteiger partial charge in [-0.15, -0.1) is 0 Å². The normalized spacial score (nSPS) is 10.4. The number of para-hydroxylation sites is 2. The summed E-state index contributed by atoms with van der Waals surface area (Å²) < 4.78 is 15.8. The Morgan fingerprint density at radius 1 is 1.08 bits per heavy atom. The molecule has 0 radical (unpaired) electrons. The molecule has 3 aromatic rings. The molecule has 1 heterocycles. The van der Waals surface area contributed by atoms with Gasteiger partial charge in [-0.25, -0.2) is 9.78 Å². The van der Waals surface area contributed by atoms with E-state index in [1.807, 2.05) is 49.4 Å².